The number of anilines is 2. The number of hydrogen-bond donors (Lipinski definition) is 1. The van der Waals surface area contributed by atoms with E-state index in [1.165, 1.54) is 47.5 Å². The van der Waals surface area contributed by atoms with Gasteiger partial charge in [0.2, 0.25) is 11.8 Å². The van der Waals surface area contributed by atoms with Gasteiger partial charge in [-0.15, -0.1) is 0 Å². The smallest absolute Gasteiger partial charge is 0.247 e. The molecule has 176 valence electrons. The second kappa shape index (κ2) is 8.63. The van der Waals surface area contributed by atoms with E-state index in [4.69, 9.17) is 22.1 Å². The van der Waals surface area contributed by atoms with E-state index in [1.54, 1.807) is 24.3 Å². The Hall–Kier alpha value is -4.04. The largest absolute Gasteiger partial charge is 0.454 e. The third kappa shape index (κ3) is 4.17. The summed E-state index contributed by atoms with van der Waals surface area (Å²) in [4.78, 5) is 30.8. The number of pyridine rings is 1. The van der Waals surface area contributed by atoms with Crippen molar-refractivity contribution < 1.29 is 23.1 Å². The van der Waals surface area contributed by atoms with Crippen molar-refractivity contribution in [3.05, 3.63) is 89.6 Å². The Balaban J connectivity index is 1.52. The molecule has 0 saturated heterocycles. The Labute approximate surface area is 203 Å². The molecule has 1 aromatic heterocycles. The molecule has 2 N–H and O–H groups in total. The van der Waals surface area contributed by atoms with Gasteiger partial charge in [0.15, 0.2) is 11.6 Å². The predicted octanol–water partition coefficient (Wildman–Crippen LogP) is 5.89. The summed E-state index contributed by atoms with van der Waals surface area (Å²) in [5, 5.41) is 1.15. The molecule has 6 nitrogen and oxygen atoms in total. The standard InChI is InChI=1S/C26H18ClF2N3O3/c27-15-1-7-19-21(13-15)31-12-9-22(19)35-23-8-6-18(14-20(23)29)32(17-4-2-16(28)3-5-17)25(34)26(10-11-26)24(30)33/h1-9,12-14H,10-11H2,(H2,30,33). The minimum Gasteiger partial charge on any atom is -0.454 e. The maximum Gasteiger partial charge on any atom is 0.247 e. The Morgan fingerprint density at radius 3 is 2.31 bits per heavy atom. The molecular formula is C26H18ClF2N3O3. The molecule has 1 fully saturated rings. The highest BCUT2D eigenvalue weighted by atomic mass is 35.5. The van der Waals surface area contributed by atoms with Crippen molar-refractivity contribution in [1.82, 2.24) is 4.98 Å². The number of benzene rings is 3. The van der Waals surface area contributed by atoms with Crippen molar-refractivity contribution in [2.24, 2.45) is 11.1 Å². The number of rotatable bonds is 6. The SMILES string of the molecule is NC(=O)C1(C(=O)N(c2ccc(F)cc2)c2ccc(Oc3ccnc4cc(Cl)ccc34)c(F)c2)CC1. The number of fused-ring (bicyclic) bond motifs is 1. The zero-order valence-corrected chi connectivity index (χ0v) is 18.9. The number of primary amides is 1. The topological polar surface area (TPSA) is 85.5 Å². The molecule has 9 heteroatoms. The van der Waals surface area contributed by atoms with E-state index < -0.39 is 28.9 Å². The zero-order chi connectivity index (χ0) is 24.7. The van der Waals surface area contributed by atoms with E-state index in [1.807, 2.05) is 0 Å². The molecule has 0 atom stereocenters. The molecule has 3 aromatic carbocycles. The number of amides is 2. The lowest BCUT2D eigenvalue weighted by Crippen LogP contribution is -2.41. The van der Waals surface area contributed by atoms with Gasteiger partial charge < -0.3 is 10.5 Å². The molecule has 1 heterocycles. The minimum atomic E-state index is -1.36. The third-order valence-electron chi connectivity index (χ3n) is 5.98. The molecule has 0 unspecified atom stereocenters. The lowest BCUT2D eigenvalue weighted by molar-refractivity contribution is -0.133. The molecule has 2 amide bonds. The molecule has 0 aliphatic heterocycles. The summed E-state index contributed by atoms with van der Waals surface area (Å²) in [6.45, 7) is 0. The van der Waals surface area contributed by atoms with Gasteiger partial charge in [-0.3, -0.25) is 19.5 Å². The van der Waals surface area contributed by atoms with Crippen LogP contribution in [0.4, 0.5) is 20.2 Å². The fraction of sp³-hybridized carbons (Fsp3) is 0.115. The zero-order valence-electron chi connectivity index (χ0n) is 18.2. The average molecular weight is 494 g/mol. The second-order valence-corrected chi connectivity index (χ2v) is 8.69. The van der Waals surface area contributed by atoms with Gasteiger partial charge in [-0.1, -0.05) is 11.6 Å². The summed E-state index contributed by atoms with van der Waals surface area (Å²) >= 11 is 6.02. The van der Waals surface area contributed by atoms with Crippen molar-refractivity contribution >= 4 is 45.7 Å². The summed E-state index contributed by atoms with van der Waals surface area (Å²) in [5.41, 5.74) is 5.13. The first kappa shape index (κ1) is 22.7. The number of nitrogens with zero attached hydrogens (tertiary/aromatic N) is 2. The molecule has 1 aliphatic rings. The molecule has 0 radical (unpaired) electrons. The van der Waals surface area contributed by atoms with Crippen molar-refractivity contribution in [2.45, 2.75) is 12.8 Å². The second-order valence-electron chi connectivity index (χ2n) is 8.25. The van der Waals surface area contributed by atoms with Gasteiger partial charge in [0.05, 0.1) is 11.2 Å². The van der Waals surface area contributed by atoms with E-state index in [0.717, 1.165) is 6.07 Å². The van der Waals surface area contributed by atoms with Gasteiger partial charge in [0, 0.05) is 28.4 Å². The maximum absolute atomic E-state index is 15.2. The molecule has 4 aromatic rings. The van der Waals surface area contributed by atoms with E-state index in [9.17, 15) is 14.0 Å². The summed E-state index contributed by atoms with van der Waals surface area (Å²) < 4.78 is 34.6. The highest BCUT2D eigenvalue weighted by Crippen LogP contribution is 2.49. The lowest BCUT2D eigenvalue weighted by atomic mass is 10.0. The van der Waals surface area contributed by atoms with Crippen LogP contribution in [0.2, 0.25) is 5.02 Å². The van der Waals surface area contributed by atoms with Crippen LogP contribution in [0.15, 0.2) is 72.9 Å². The van der Waals surface area contributed by atoms with Gasteiger partial charge in [0.25, 0.3) is 0 Å². The van der Waals surface area contributed by atoms with Gasteiger partial charge in [-0.25, -0.2) is 8.78 Å². The van der Waals surface area contributed by atoms with Gasteiger partial charge in [-0.2, -0.15) is 0 Å². The Morgan fingerprint density at radius 1 is 0.943 bits per heavy atom. The fourth-order valence-corrected chi connectivity index (χ4v) is 4.06. The van der Waals surface area contributed by atoms with Gasteiger partial charge in [-0.05, 0) is 73.5 Å². The quantitative estimate of drug-likeness (QED) is 0.339. The number of nitrogens with two attached hydrogens (primary N) is 1. The molecule has 5 rings (SSSR count). The predicted molar refractivity (Wildman–Crippen MR) is 128 cm³/mol. The normalized spacial score (nSPS) is 13.9. The van der Waals surface area contributed by atoms with Crippen LogP contribution in [-0.4, -0.2) is 16.8 Å². The molecule has 0 spiro atoms. The van der Waals surface area contributed by atoms with E-state index in [-0.39, 0.29) is 17.1 Å². The average Bonchev–Trinajstić information content (AvgIpc) is 3.64. The van der Waals surface area contributed by atoms with Crippen LogP contribution in [-0.2, 0) is 9.59 Å². The summed E-state index contributed by atoms with van der Waals surface area (Å²) in [7, 11) is 0. The first-order valence-electron chi connectivity index (χ1n) is 10.7. The highest BCUT2D eigenvalue weighted by molar-refractivity contribution is 6.31. The molecule has 35 heavy (non-hydrogen) atoms. The van der Waals surface area contributed by atoms with Gasteiger partial charge >= 0.3 is 0 Å². The first-order chi connectivity index (χ1) is 16.8. The van der Waals surface area contributed by atoms with Crippen LogP contribution in [0.3, 0.4) is 0 Å². The van der Waals surface area contributed by atoms with Crippen LogP contribution < -0.4 is 15.4 Å². The molecular weight excluding hydrogens is 476 g/mol. The minimum absolute atomic E-state index is 0.0845. The third-order valence-corrected chi connectivity index (χ3v) is 6.21. The fourth-order valence-electron chi connectivity index (χ4n) is 3.89. The molecule has 1 saturated carbocycles. The highest BCUT2D eigenvalue weighted by Gasteiger charge is 2.57. The number of hydrogen-bond acceptors (Lipinski definition) is 4. The Morgan fingerprint density at radius 2 is 1.66 bits per heavy atom. The van der Waals surface area contributed by atoms with Crippen molar-refractivity contribution in [1.29, 1.82) is 0 Å². The molecule has 1 aliphatic carbocycles. The number of carbonyl (C=O) groups is 2. The number of aromatic nitrogens is 1. The van der Waals surface area contributed by atoms with Crippen molar-refractivity contribution in [2.75, 3.05) is 4.90 Å². The summed E-state index contributed by atoms with van der Waals surface area (Å²) in [5.74, 6) is -2.31. The number of halogens is 3. The maximum atomic E-state index is 15.2. The first-order valence-corrected chi connectivity index (χ1v) is 11.1. The van der Waals surface area contributed by atoms with Crippen molar-refractivity contribution in [3.63, 3.8) is 0 Å². The van der Waals surface area contributed by atoms with Crippen LogP contribution in [0.5, 0.6) is 11.5 Å². The van der Waals surface area contributed by atoms with Crippen LogP contribution >= 0.6 is 11.6 Å². The molecule has 0 bridgehead atoms. The van der Waals surface area contributed by atoms with Crippen LogP contribution in [0.25, 0.3) is 10.9 Å². The Bertz CT molecular complexity index is 1470. The Kier molecular flexibility index (Phi) is 5.61. The lowest BCUT2D eigenvalue weighted by Gasteiger charge is -2.26. The van der Waals surface area contributed by atoms with Gasteiger partial charge in [0.1, 0.15) is 17.0 Å². The monoisotopic (exact) mass is 493 g/mol. The summed E-state index contributed by atoms with van der Waals surface area (Å²) in [6, 6.07) is 15.7. The van der Waals surface area contributed by atoms with Crippen molar-refractivity contribution in [3.8, 4) is 11.5 Å². The van der Waals surface area contributed by atoms with E-state index in [0.29, 0.717) is 34.5 Å². The summed E-state index contributed by atoms with van der Waals surface area (Å²) in [6.07, 6.45) is 2.11. The number of carbonyl (C=O) groups excluding carboxylic acids is 2. The van der Waals surface area contributed by atoms with E-state index in [2.05, 4.69) is 4.98 Å². The van der Waals surface area contributed by atoms with Crippen LogP contribution in [0.1, 0.15) is 12.8 Å². The number of ether oxygens (including phenoxy) is 1. The van der Waals surface area contributed by atoms with Crippen LogP contribution in [0, 0.1) is 17.0 Å². The van der Waals surface area contributed by atoms with E-state index >= 15 is 4.39 Å².